The summed E-state index contributed by atoms with van der Waals surface area (Å²) in [5, 5.41) is 0. The first-order valence-electron chi connectivity index (χ1n) is 7.87. The van der Waals surface area contributed by atoms with Gasteiger partial charge < -0.3 is 15.4 Å². The molecular formula is C17H25FN2O2. The average Bonchev–Trinajstić information content (AvgIpc) is 2.52. The van der Waals surface area contributed by atoms with E-state index in [-0.39, 0.29) is 23.5 Å². The number of hydrogen-bond donors (Lipinski definition) is 1. The Morgan fingerprint density at radius 1 is 1.50 bits per heavy atom. The molecule has 1 amide bonds. The Bertz CT molecular complexity index is 521. The van der Waals surface area contributed by atoms with Crippen LogP contribution < -0.4 is 10.5 Å². The number of halogens is 1. The number of benzene rings is 1. The maximum Gasteiger partial charge on any atom is 0.223 e. The molecule has 1 heterocycles. The summed E-state index contributed by atoms with van der Waals surface area (Å²) in [4.78, 5) is 14.3. The van der Waals surface area contributed by atoms with E-state index < -0.39 is 0 Å². The van der Waals surface area contributed by atoms with Crippen LogP contribution in [0.15, 0.2) is 18.2 Å². The number of carbonyl (C=O) groups excluding carboxylic acids is 1. The van der Waals surface area contributed by atoms with Crippen LogP contribution in [0.1, 0.15) is 31.7 Å². The summed E-state index contributed by atoms with van der Waals surface area (Å²) in [6.07, 6.45) is 2.92. The minimum Gasteiger partial charge on any atom is -0.494 e. The highest BCUT2D eigenvalue weighted by atomic mass is 19.1. The molecule has 1 saturated heterocycles. The fourth-order valence-electron chi connectivity index (χ4n) is 3.06. The van der Waals surface area contributed by atoms with E-state index in [1.54, 1.807) is 12.1 Å². The van der Waals surface area contributed by atoms with Crippen LogP contribution in [0, 0.1) is 11.7 Å². The summed E-state index contributed by atoms with van der Waals surface area (Å²) in [5.41, 5.74) is 6.60. The lowest BCUT2D eigenvalue weighted by Gasteiger charge is -2.38. The van der Waals surface area contributed by atoms with Gasteiger partial charge in [0.1, 0.15) is 0 Å². The van der Waals surface area contributed by atoms with Crippen LogP contribution in [-0.2, 0) is 11.2 Å². The first kappa shape index (κ1) is 16.7. The van der Waals surface area contributed by atoms with Crippen molar-refractivity contribution in [2.75, 3.05) is 20.2 Å². The second-order valence-electron chi connectivity index (χ2n) is 6.08. The van der Waals surface area contributed by atoms with Crippen LogP contribution in [0.25, 0.3) is 0 Å². The van der Waals surface area contributed by atoms with Crippen molar-refractivity contribution in [2.24, 2.45) is 11.7 Å². The second-order valence-corrected chi connectivity index (χ2v) is 6.08. The molecule has 0 spiro atoms. The van der Waals surface area contributed by atoms with E-state index in [0.717, 1.165) is 24.9 Å². The molecule has 1 aliphatic heterocycles. The third kappa shape index (κ3) is 3.97. The van der Waals surface area contributed by atoms with Crippen molar-refractivity contribution in [1.82, 2.24) is 4.90 Å². The van der Waals surface area contributed by atoms with Crippen LogP contribution in [0.2, 0.25) is 0 Å². The molecule has 1 aliphatic rings. The van der Waals surface area contributed by atoms with Crippen molar-refractivity contribution in [2.45, 2.75) is 38.6 Å². The molecule has 0 aliphatic carbocycles. The predicted molar refractivity (Wildman–Crippen MR) is 84.2 cm³/mol. The third-order valence-corrected chi connectivity index (χ3v) is 4.41. The van der Waals surface area contributed by atoms with Gasteiger partial charge in [-0.1, -0.05) is 13.0 Å². The van der Waals surface area contributed by atoms with Gasteiger partial charge in [-0.2, -0.15) is 0 Å². The highest BCUT2D eigenvalue weighted by molar-refractivity contribution is 5.77. The number of piperidine rings is 1. The molecule has 1 aromatic rings. The van der Waals surface area contributed by atoms with Crippen molar-refractivity contribution in [3.8, 4) is 5.75 Å². The molecule has 2 atom stereocenters. The number of nitrogens with two attached hydrogens (primary N) is 1. The van der Waals surface area contributed by atoms with E-state index in [4.69, 9.17) is 10.5 Å². The zero-order valence-electron chi connectivity index (χ0n) is 13.3. The first-order valence-corrected chi connectivity index (χ1v) is 7.87. The highest BCUT2D eigenvalue weighted by Crippen LogP contribution is 2.23. The van der Waals surface area contributed by atoms with Crippen LogP contribution >= 0.6 is 0 Å². The molecule has 0 saturated carbocycles. The number of ether oxygens (including phenoxy) is 1. The molecule has 122 valence electrons. The van der Waals surface area contributed by atoms with Crippen LogP contribution in [-0.4, -0.2) is 37.0 Å². The lowest BCUT2D eigenvalue weighted by molar-refractivity contribution is -0.135. The number of hydrogen-bond acceptors (Lipinski definition) is 3. The summed E-state index contributed by atoms with van der Waals surface area (Å²) >= 11 is 0. The number of amides is 1. The Morgan fingerprint density at radius 3 is 2.91 bits per heavy atom. The quantitative estimate of drug-likeness (QED) is 0.908. The monoisotopic (exact) mass is 308 g/mol. The molecule has 2 unspecified atom stereocenters. The average molecular weight is 308 g/mol. The zero-order chi connectivity index (χ0) is 16.1. The number of likely N-dealkylation sites (tertiary alicyclic amines) is 1. The van der Waals surface area contributed by atoms with Crippen molar-refractivity contribution >= 4 is 5.91 Å². The molecular weight excluding hydrogens is 283 g/mol. The number of rotatable bonds is 5. The first-order chi connectivity index (χ1) is 10.5. The molecule has 1 fully saturated rings. The normalized spacial score (nSPS) is 21.7. The summed E-state index contributed by atoms with van der Waals surface area (Å²) in [5.74, 6) is 0.564. The molecule has 1 aromatic carbocycles. The maximum absolute atomic E-state index is 13.7. The van der Waals surface area contributed by atoms with E-state index in [2.05, 4.69) is 6.92 Å². The van der Waals surface area contributed by atoms with Crippen molar-refractivity contribution < 1.29 is 13.9 Å². The van der Waals surface area contributed by atoms with Gasteiger partial charge in [-0.15, -0.1) is 0 Å². The van der Waals surface area contributed by atoms with Gasteiger partial charge in [0.2, 0.25) is 5.91 Å². The molecule has 0 bridgehead atoms. The van der Waals surface area contributed by atoms with Crippen molar-refractivity contribution in [1.29, 1.82) is 0 Å². The standard InChI is InChI=1S/C17H25FN2O2/c1-12-7-8-20(14(9-12)11-19)17(21)6-4-13-3-5-16(22-2)15(18)10-13/h3,5,10,12,14H,4,6-9,11,19H2,1-2H3. The SMILES string of the molecule is COc1ccc(CCC(=O)N2CCC(C)CC2CN)cc1F. The number of nitrogens with zero attached hydrogens (tertiary/aromatic N) is 1. The Kier molecular flexibility index (Phi) is 5.77. The van der Waals surface area contributed by atoms with Gasteiger partial charge in [-0.25, -0.2) is 4.39 Å². The molecule has 5 heteroatoms. The van der Waals surface area contributed by atoms with E-state index in [9.17, 15) is 9.18 Å². The van der Waals surface area contributed by atoms with Gasteiger partial charge in [-0.3, -0.25) is 4.79 Å². The number of aryl methyl sites for hydroxylation is 1. The van der Waals surface area contributed by atoms with Crippen LogP contribution in [0.5, 0.6) is 5.75 Å². The Morgan fingerprint density at radius 2 is 2.27 bits per heavy atom. The van der Waals surface area contributed by atoms with E-state index in [0.29, 0.717) is 25.3 Å². The smallest absolute Gasteiger partial charge is 0.223 e. The Labute approximate surface area is 131 Å². The summed E-state index contributed by atoms with van der Waals surface area (Å²) < 4.78 is 18.5. The molecule has 2 N–H and O–H groups in total. The Balaban J connectivity index is 1.93. The van der Waals surface area contributed by atoms with E-state index in [1.165, 1.54) is 13.2 Å². The molecule has 4 nitrogen and oxygen atoms in total. The van der Waals surface area contributed by atoms with Crippen molar-refractivity contribution in [3.05, 3.63) is 29.6 Å². The largest absolute Gasteiger partial charge is 0.494 e. The van der Waals surface area contributed by atoms with Gasteiger partial charge in [0.15, 0.2) is 11.6 Å². The number of carbonyl (C=O) groups is 1. The lowest BCUT2D eigenvalue weighted by atomic mass is 9.92. The fourth-order valence-corrected chi connectivity index (χ4v) is 3.06. The van der Waals surface area contributed by atoms with Gasteiger partial charge >= 0.3 is 0 Å². The predicted octanol–water partition coefficient (Wildman–Crippen LogP) is 2.35. The van der Waals surface area contributed by atoms with Crippen molar-refractivity contribution in [3.63, 3.8) is 0 Å². The van der Waals surface area contributed by atoms with Crippen LogP contribution in [0.4, 0.5) is 4.39 Å². The topological polar surface area (TPSA) is 55.6 Å². The van der Waals surface area contributed by atoms with Gasteiger partial charge in [0, 0.05) is 25.6 Å². The van der Waals surface area contributed by atoms with Gasteiger partial charge in [-0.05, 0) is 42.9 Å². The maximum atomic E-state index is 13.7. The third-order valence-electron chi connectivity index (χ3n) is 4.41. The Hall–Kier alpha value is -1.62. The molecule has 2 rings (SSSR count). The minimum atomic E-state index is -0.390. The highest BCUT2D eigenvalue weighted by Gasteiger charge is 2.28. The summed E-state index contributed by atoms with van der Waals surface area (Å²) in [7, 11) is 1.44. The van der Waals surface area contributed by atoms with Gasteiger partial charge in [0.25, 0.3) is 0 Å². The molecule has 0 radical (unpaired) electrons. The lowest BCUT2D eigenvalue weighted by Crippen LogP contribution is -2.49. The molecule has 22 heavy (non-hydrogen) atoms. The van der Waals surface area contributed by atoms with E-state index in [1.807, 2.05) is 4.90 Å². The summed E-state index contributed by atoms with van der Waals surface area (Å²) in [6.45, 7) is 3.48. The van der Waals surface area contributed by atoms with Gasteiger partial charge in [0.05, 0.1) is 7.11 Å². The summed E-state index contributed by atoms with van der Waals surface area (Å²) in [6, 6.07) is 4.97. The minimum absolute atomic E-state index is 0.110. The van der Waals surface area contributed by atoms with Crippen LogP contribution in [0.3, 0.4) is 0 Å². The number of methoxy groups -OCH3 is 1. The second kappa shape index (κ2) is 7.58. The zero-order valence-corrected chi connectivity index (χ0v) is 13.3. The fraction of sp³-hybridized carbons (Fsp3) is 0.588. The molecule has 0 aromatic heterocycles. The van der Waals surface area contributed by atoms with E-state index >= 15 is 0 Å².